The summed E-state index contributed by atoms with van der Waals surface area (Å²) in [5.41, 5.74) is 5.44. The van der Waals surface area contributed by atoms with Gasteiger partial charge in [-0.05, 0) is 38.6 Å². The highest BCUT2D eigenvalue weighted by molar-refractivity contribution is 5.78. The van der Waals surface area contributed by atoms with E-state index in [2.05, 4.69) is 5.32 Å². The Bertz CT molecular complexity index is 257. The van der Waals surface area contributed by atoms with Gasteiger partial charge in [0.05, 0.1) is 18.2 Å². The third-order valence-corrected chi connectivity index (χ3v) is 3.72. The summed E-state index contributed by atoms with van der Waals surface area (Å²) in [6.45, 7) is 2.63. The SMILES string of the molecule is CC(CCCN)C(=O)NC1CC2CCC1O2. The van der Waals surface area contributed by atoms with Crippen molar-refractivity contribution in [2.45, 2.75) is 57.3 Å². The molecule has 2 aliphatic heterocycles. The summed E-state index contributed by atoms with van der Waals surface area (Å²) in [6.07, 6.45) is 5.74. The lowest BCUT2D eigenvalue weighted by molar-refractivity contribution is -0.125. The van der Waals surface area contributed by atoms with E-state index in [9.17, 15) is 4.79 Å². The lowest BCUT2D eigenvalue weighted by Gasteiger charge is -2.22. The van der Waals surface area contributed by atoms with E-state index < -0.39 is 0 Å². The van der Waals surface area contributed by atoms with Gasteiger partial charge in [0.25, 0.3) is 0 Å². The van der Waals surface area contributed by atoms with Gasteiger partial charge in [0, 0.05) is 5.92 Å². The smallest absolute Gasteiger partial charge is 0.223 e. The maximum absolute atomic E-state index is 11.9. The molecule has 4 unspecified atom stereocenters. The highest BCUT2D eigenvalue weighted by atomic mass is 16.5. The third-order valence-electron chi connectivity index (χ3n) is 3.72. The molecule has 16 heavy (non-hydrogen) atoms. The van der Waals surface area contributed by atoms with Crippen molar-refractivity contribution >= 4 is 5.91 Å². The molecule has 4 heteroatoms. The summed E-state index contributed by atoms with van der Waals surface area (Å²) in [5, 5.41) is 3.11. The van der Waals surface area contributed by atoms with Crippen LogP contribution in [-0.4, -0.2) is 30.7 Å². The fourth-order valence-corrected chi connectivity index (χ4v) is 2.67. The number of carbonyl (C=O) groups is 1. The van der Waals surface area contributed by atoms with Crippen LogP contribution in [-0.2, 0) is 9.53 Å². The molecule has 2 bridgehead atoms. The van der Waals surface area contributed by atoms with E-state index in [1.165, 1.54) is 6.42 Å². The molecular formula is C12H22N2O2. The van der Waals surface area contributed by atoms with Crippen LogP contribution in [0.3, 0.4) is 0 Å². The molecule has 4 atom stereocenters. The minimum Gasteiger partial charge on any atom is -0.373 e. The normalized spacial score (nSPS) is 34.0. The molecule has 0 aliphatic carbocycles. The number of nitrogens with two attached hydrogens (primary N) is 1. The molecule has 1 amide bonds. The molecule has 2 heterocycles. The first-order valence-electron chi connectivity index (χ1n) is 6.36. The molecule has 0 radical (unpaired) electrons. The summed E-state index contributed by atoms with van der Waals surface area (Å²) >= 11 is 0. The van der Waals surface area contributed by atoms with Gasteiger partial charge in [-0.1, -0.05) is 6.92 Å². The molecule has 3 N–H and O–H groups in total. The summed E-state index contributed by atoms with van der Waals surface area (Å²) < 4.78 is 5.71. The Morgan fingerprint density at radius 1 is 1.56 bits per heavy atom. The van der Waals surface area contributed by atoms with E-state index in [1.807, 2.05) is 6.92 Å². The molecule has 2 saturated heterocycles. The average molecular weight is 226 g/mol. The van der Waals surface area contributed by atoms with Crippen molar-refractivity contribution in [3.8, 4) is 0 Å². The van der Waals surface area contributed by atoms with Crippen molar-refractivity contribution in [3.05, 3.63) is 0 Å². The van der Waals surface area contributed by atoms with Crippen LogP contribution in [0.15, 0.2) is 0 Å². The molecule has 2 fully saturated rings. The average Bonchev–Trinajstić information content (AvgIpc) is 2.87. The highest BCUT2D eigenvalue weighted by Crippen LogP contribution is 2.34. The van der Waals surface area contributed by atoms with Gasteiger partial charge in [-0.15, -0.1) is 0 Å². The lowest BCUT2D eigenvalue weighted by atomic mass is 9.94. The van der Waals surface area contributed by atoms with Crippen LogP contribution in [0.25, 0.3) is 0 Å². The van der Waals surface area contributed by atoms with Crippen molar-refractivity contribution in [3.63, 3.8) is 0 Å². The topological polar surface area (TPSA) is 64.4 Å². The van der Waals surface area contributed by atoms with Gasteiger partial charge in [-0.25, -0.2) is 0 Å². The Balaban J connectivity index is 1.74. The number of fused-ring (bicyclic) bond motifs is 2. The van der Waals surface area contributed by atoms with Crippen LogP contribution >= 0.6 is 0 Å². The number of hydrogen-bond acceptors (Lipinski definition) is 3. The van der Waals surface area contributed by atoms with Crippen molar-refractivity contribution in [2.75, 3.05) is 6.54 Å². The minimum absolute atomic E-state index is 0.0719. The summed E-state index contributed by atoms with van der Waals surface area (Å²) in [7, 11) is 0. The van der Waals surface area contributed by atoms with Gasteiger partial charge >= 0.3 is 0 Å². The fourth-order valence-electron chi connectivity index (χ4n) is 2.67. The van der Waals surface area contributed by atoms with E-state index in [0.717, 1.165) is 25.7 Å². The minimum atomic E-state index is 0.0719. The molecule has 0 aromatic heterocycles. The number of hydrogen-bond donors (Lipinski definition) is 2. The predicted molar refractivity (Wildman–Crippen MR) is 61.9 cm³/mol. The Kier molecular flexibility index (Phi) is 3.82. The van der Waals surface area contributed by atoms with Gasteiger partial charge in [0.2, 0.25) is 5.91 Å². The van der Waals surface area contributed by atoms with Gasteiger partial charge in [-0.2, -0.15) is 0 Å². The van der Waals surface area contributed by atoms with Gasteiger partial charge in [0.1, 0.15) is 0 Å². The second-order valence-electron chi connectivity index (χ2n) is 5.06. The van der Waals surface area contributed by atoms with Gasteiger partial charge in [-0.3, -0.25) is 4.79 Å². The molecule has 0 aromatic rings. The maximum Gasteiger partial charge on any atom is 0.223 e. The standard InChI is InChI=1S/C12H22N2O2/c1-8(3-2-6-13)12(15)14-10-7-9-4-5-11(10)16-9/h8-11H,2-7,13H2,1H3,(H,14,15). The molecule has 0 saturated carbocycles. The Morgan fingerprint density at radius 2 is 2.38 bits per heavy atom. The fraction of sp³-hybridized carbons (Fsp3) is 0.917. The Labute approximate surface area is 96.9 Å². The van der Waals surface area contributed by atoms with E-state index in [4.69, 9.17) is 10.5 Å². The summed E-state index contributed by atoms with van der Waals surface area (Å²) in [5.74, 6) is 0.234. The van der Waals surface area contributed by atoms with E-state index in [-0.39, 0.29) is 24.0 Å². The quantitative estimate of drug-likeness (QED) is 0.728. The maximum atomic E-state index is 11.9. The molecular weight excluding hydrogens is 204 g/mol. The third kappa shape index (κ3) is 2.55. The second kappa shape index (κ2) is 5.15. The number of ether oxygens (including phenoxy) is 1. The van der Waals surface area contributed by atoms with E-state index in [0.29, 0.717) is 12.6 Å². The molecule has 2 aliphatic rings. The zero-order valence-electron chi connectivity index (χ0n) is 9.95. The lowest BCUT2D eigenvalue weighted by Crippen LogP contribution is -2.43. The predicted octanol–water partition coefficient (Wildman–Crippen LogP) is 0.797. The largest absolute Gasteiger partial charge is 0.373 e. The molecule has 0 spiro atoms. The first kappa shape index (κ1) is 11.9. The number of nitrogens with one attached hydrogen (secondary N) is 1. The van der Waals surface area contributed by atoms with Crippen molar-refractivity contribution in [1.29, 1.82) is 0 Å². The monoisotopic (exact) mass is 226 g/mol. The Morgan fingerprint density at radius 3 is 2.94 bits per heavy atom. The van der Waals surface area contributed by atoms with Gasteiger partial charge < -0.3 is 15.8 Å². The van der Waals surface area contributed by atoms with Crippen LogP contribution in [0.1, 0.15) is 39.0 Å². The molecule has 92 valence electrons. The second-order valence-corrected chi connectivity index (χ2v) is 5.06. The van der Waals surface area contributed by atoms with Crippen molar-refractivity contribution in [1.82, 2.24) is 5.32 Å². The zero-order valence-corrected chi connectivity index (χ0v) is 9.95. The van der Waals surface area contributed by atoms with Crippen LogP contribution in [0.4, 0.5) is 0 Å². The molecule has 4 nitrogen and oxygen atoms in total. The van der Waals surface area contributed by atoms with E-state index >= 15 is 0 Å². The summed E-state index contributed by atoms with van der Waals surface area (Å²) in [4.78, 5) is 11.9. The van der Waals surface area contributed by atoms with Crippen LogP contribution < -0.4 is 11.1 Å². The first-order chi connectivity index (χ1) is 7.70. The van der Waals surface area contributed by atoms with Crippen LogP contribution in [0.5, 0.6) is 0 Å². The number of carbonyl (C=O) groups excluding carboxylic acids is 1. The summed E-state index contributed by atoms with van der Waals surface area (Å²) in [6, 6.07) is 0.256. The Hall–Kier alpha value is -0.610. The highest BCUT2D eigenvalue weighted by Gasteiger charge is 2.41. The van der Waals surface area contributed by atoms with Gasteiger partial charge in [0.15, 0.2) is 0 Å². The van der Waals surface area contributed by atoms with Crippen LogP contribution in [0, 0.1) is 5.92 Å². The number of rotatable bonds is 5. The van der Waals surface area contributed by atoms with Crippen molar-refractivity contribution < 1.29 is 9.53 Å². The van der Waals surface area contributed by atoms with Crippen molar-refractivity contribution in [2.24, 2.45) is 11.7 Å². The van der Waals surface area contributed by atoms with E-state index in [1.54, 1.807) is 0 Å². The first-order valence-corrected chi connectivity index (χ1v) is 6.36. The molecule has 2 rings (SSSR count). The van der Waals surface area contributed by atoms with Crippen LogP contribution in [0.2, 0.25) is 0 Å². The zero-order chi connectivity index (χ0) is 11.5. The molecule has 0 aromatic carbocycles. The number of amides is 1.